The van der Waals surface area contributed by atoms with E-state index in [0.29, 0.717) is 11.5 Å². The lowest BCUT2D eigenvalue weighted by atomic mass is 10.1. The number of carbonyl (C=O) groups is 1. The zero-order chi connectivity index (χ0) is 15.1. The normalized spacial score (nSPS) is 11.5. The fourth-order valence-corrected chi connectivity index (χ4v) is 1.99. The Morgan fingerprint density at radius 2 is 1.67 bits per heavy atom. The maximum absolute atomic E-state index is 11.9. The van der Waals surface area contributed by atoms with Gasteiger partial charge in [-0.15, -0.1) is 0 Å². The van der Waals surface area contributed by atoms with Crippen molar-refractivity contribution in [1.82, 2.24) is 5.32 Å². The predicted octanol–water partition coefficient (Wildman–Crippen LogP) is 2.95. The molecule has 0 aliphatic heterocycles. The van der Waals surface area contributed by atoms with Gasteiger partial charge in [-0.2, -0.15) is 0 Å². The number of rotatable bonds is 6. The number of amides is 1. The molecular formula is C17H19NO3. The van der Waals surface area contributed by atoms with E-state index < -0.39 is 0 Å². The van der Waals surface area contributed by atoms with Crippen LogP contribution in [0.5, 0.6) is 11.5 Å². The van der Waals surface area contributed by atoms with Gasteiger partial charge >= 0.3 is 0 Å². The van der Waals surface area contributed by atoms with E-state index in [1.54, 1.807) is 19.2 Å². The van der Waals surface area contributed by atoms with Gasteiger partial charge < -0.3 is 14.8 Å². The lowest BCUT2D eigenvalue weighted by Crippen LogP contribution is -2.31. The zero-order valence-corrected chi connectivity index (χ0v) is 12.2. The Morgan fingerprint density at radius 3 is 2.33 bits per heavy atom. The third-order valence-electron chi connectivity index (χ3n) is 3.10. The molecule has 0 fully saturated rings. The van der Waals surface area contributed by atoms with Gasteiger partial charge in [-0.05, 0) is 24.6 Å². The first-order valence-corrected chi connectivity index (χ1v) is 6.81. The summed E-state index contributed by atoms with van der Waals surface area (Å²) < 4.78 is 10.7. The summed E-state index contributed by atoms with van der Waals surface area (Å²) in [6, 6.07) is 17.0. The molecule has 0 unspecified atom stereocenters. The molecule has 2 aromatic carbocycles. The minimum Gasteiger partial charge on any atom is -0.493 e. The highest BCUT2D eigenvalue weighted by Gasteiger charge is 2.11. The molecule has 2 aromatic rings. The van der Waals surface area contributed by atoms with Crippen molar-refractivity contribution in [2.75, 3.05) is 13.7 Å². The second-order valence-corrected chi connectivity index (χ2v) is 4.64. The topological polar surface area (TPSA) is 47.6 Å². The van der Waals surface area contributed by atoms with Gasteiger partial charge in [0.2, 0.25) is 0 Å². The maximum Gasteiger partial charge on any atom is 0.258 e. The van der Waals surface area contributed by atoms with E-state index in [4.69, 9.17) is 9.47 Å². The monoisotopic (exact) mass is 285 g/mol. The standard InChI is InChI=1S/C17H19NO3/c1-13(14-8-4-3-5-9-14)18-17(19)12-21-16-11-7-6-10-15(16)20-2/h3-11,13H,12H2,1-2H3,(H,18,19)/t13-/m1/s1. The molecule has 0 radical (unpaired) electrons. The number of hydrogen-bond donors (Lipinski definition) is 1. The van der Waals surface area contributed by atoms with E-state index in [9.17, 15) is 4.79 Å². The summed E-state index contributed by atoms with van der Waals surface area (Å²) in [5, 5.41) is 2.90. The minimum absolute atomic E-state index is 0.0441. The van der Waals surface area contributed by atoms with Crippen molar-refractivity contribution in [2.45, 2.75) is 13.0 Å². The average Bonchev–Trinajstić information content (AvgIpc) is 2.54. The number of benzene rings is 2. The summed E-state index contributed by atoms with van der Waals surface area (Å²) in [7, 11) is 1.57. The van der Waals surface area contributed by atoms with Crippen molar-refractivity contribution in [3.63, 3.8) is 0 Å². The first kappa shape index (κ1) is 14.9. The molecule has 21 heavy (non-hydrogen) atoms. The molecule has 0 bridgehead atoms. The molecule has 0 aliphatic carbocycles. The number of methoxy groups -OCH3 is 1. The van der Waals surface area contributed by atoms with Crippen LogP contribution in [-0.2, 0) is 4.79 Å². The molecule has 0 saturated carbocycles. The van der Waals surface area contributed by atoms with Gasteiger partial charge in [0.25, 0.3) is 5.91 Å². The molecule has 1 atom stereocenters. The Morgan fingerprint density at radius 1 is 1.05 bits per heavy atom. The minimum atomic E-state index is -0.169. The molecule has 2 rings (SSSR count). The predicted molar refractivity (Wildman–Crippen MR) is 81.5 cm³/mol. The van der Waals surface area contributed by atoms with E-state index in [1.807, 2.05) is 49.4 Å². The largest absolute Gasteiger partial charge is 0.493 e. The third-order valence-corrected chi connectivity index (χ3v) is 3.10. The Labute approximate surface area is 124 Å². The van der Waals surface area contributed by atoms with Crippen LogP contribution in [0.3, 0.4) is 0 Å². The van der Waals surface area contributed by atoms with Crippen LogP contribution in [0.4, 0.5) is 0 Å². The number of carbonyl (C=O) groups excluding carboxylic acids is 1. The van der Waals surface area contributed by atoms with Crippen molar-refractivity contribution in [3.8, 4) is 11.5 Å². The molecule has 1 N–H and O–H groups in total. The Bertz CT molecular complexity index is 584. The second kappa shape index (κ2) is 7.33. The van der Waals surface area contributed by atoms with Crippen molar-refractivity contribution in [3.05, 3.63) is 60.2 Å². The third kappa shape index (κ3) is 4.24. The van der Waals surface area contributed by atoms with E-state index in [1.165, 1.54) is 0 Å². The SMILES string of the molecule is COc1ccccc1OCC(=O)N[C@H](C)c1ccccc1. The molecule has 0 heterocycles. The molecule has 0 aliphatic rings. The van der Waals surface area contributed by atoms with Crippen LogP contribution < -0.4 is 14.8 Å². The smallest absolute Gasteiger partial charge is 0.258 e. The van der Waals surface area contributed by atoms with Crippen LogP contribution in [0.1, 0.15) is 18.5 Å². The fraction of sp³-hybridized carbons (Fsp3) is 0.235. The van der Waals surface area contributed by atoms with Crippen molar-refractivity contribution in [2.24, 2.45) is 0 Å². The van der Waals surface area contributed by atoms with Gasteiger partial charge in [0, 0.05) is 0 Å². The molecule has 110 valence electrons. The summed E-state index contributed by atoms with van der Waals surface area (Å²) in [6.07, 6.45) is 0. The molecule has 4 heteroatoms. The molecular weight excluding hydrogens is 266 g/mol. The zero-order valence-electron chi connectivity index (χ0n) is 12.2. The molecule has 0 spiro atoms. The lowest BCUT2D eigenvalue weighted by molar-refractivity contribution is -0.123. The summed E-state index contributed by atoms with van der Waals surface area (Å²) in [5.41, 5.74) is 1.06. The molecule has 0 saturated heterocycles. The van der Waals surface area contributed by atoms with Crippen LogP contribution in [0.25, 0.3) is 0 Å². The lowest BCUT2D eigenvalue weighted by Gasteiger charge is -2.15. The van der Waals surface area contributed by atoms with Gasteiger partial charge in [-0.1, -0.05) is 42.5 Å². The van der Waals surface area contributed by atoms with Crippen LogP contribution in [-0.4, -0.2) is 19.6 Å². The molecule has 4 nitrogen and oxygen atoms in total. The van der Waals surface area contributed by atoms with E-state index in [0.717, 1.165) is 5.56 Å². The van der Waals surface area contributed by atoms with E-state index in [2.05, 4.69) is 5.32 Å². The van der Waals surface area contributed by atoms with Gasteiger partial charge in [-0.25, -0.2) is 0 Å². The fourth-order valence-electron chi connectivity index (χ4n) is 1.99. The van der Waals surface area contributed by atoms with Crippen LogP contribution in [0.2, 0.25) is 0 Å². The maximum atomic E-state index is 11.9. The highest BCUT2D eigenvalue weighted by atomic mass is 16.5. The number of ether oxygens (including phenoxy) is 2. The average molecular weight is 285 g/mol. The highest BCUT2D eigenvalue weighted by molar-refractivity contribution is 5.78. The first-order chi connectivity index (χ1) is 10.2. The van der Waals surface area contributed by atoms with E-state index in [-0.39, 0.29) is 18.6 Å². The number of nitrogens with one attached hydrogen (secondary N) is 1. The quantitative estimate of drug-likeness (QED) is 0.887. The van der Waals surface area contributed by atoms with Crippen molar-refractivity contribution < 1.29 is 14.3 Å². The van der Waals surface area contributed by atoms with Crippen LogP contribution in [0.15, 0.2) is 54.6 Å². The van der Waals surface area contributed by atoms with Gasteiger partial charge in [-0.3, -0.25) is 4.79 Å². The van der Waals surface area contributed by atoms with Crippen molar-refractivity contribution in [1.29, 1.82) is 0 Å². The number of hydrogen-bond acceptors (Lipinski definition) is 3. The Hall–Kier alpha value is -2.49. The number of para-hydroxylation sites is 2. The summed E-state index contributed by atoms with van der Waals surface area (Å²) >= 11 is 0. The van der Waals surface area contributed by atoms with Gasteiger partial charge in [0.1, 0.15) is 0 Å². The van der Waals surface area contributed by atoms with Gasteiger partial charge in [0.15, 0.2) is 18.1 Å². The molecule has 0 aromatic heterocycles. The second-order valence-electron chi connectivity index (χ2n) is 4.64. The summed E-state index contributed by atoms with van der Waals surface area (Å²) in [6.45, 7) is 1.90. The van der Waals surface area contributed by atoms with Crippen LogP contribution >= 0.6 is 0 Å². The van der Waals surface area contributed by atoms with Crippen molar-refractivity contribution >= 4 is 5.91 Å². The Balaban J connectivity index is 1.88. The molecule has 1 amide bonds. The Kier molecular flexibility index (Phi) is 5.21. The first-order valence-electron chi connectivity index (χ1n) is 6.81. The summed E-state index contributed by atoms with van der Waals surface area (Å²) in [5.74, 6) is 1.00. The van der Waals surface area contributed by atoms with E-state index >= 15 is 0 Å². The highest BCUT2D eigenvalue weighted by Crippen LogP contribution is 2.25. The van der Waals surface area contributed by atoms with Crippen LogP contribution in [0, 0.1) is 0 Å². The summed E-state index contributed by atoms with van der Waals surface area (Å²) in [4.78, 5) is 11.9. The van der Waals surface area contributed by atoms with Gasteiger partial charge in [0.05, 0.1) is 13.2 Å².